The van der Waals surface area contributed by atoms with Gasteiger partial charge in [-0.25, -0.2) is 0 Å². The van der Waals surface area contributed by atoms with Crippen molar-refractivity contribution in [3.63, 3.8) is 0 Å². The first-order valence-corrected chi connectivity index (χ1v) is 10.00. The van der Waals surface area contributed by atoms with Crippen molar-refractivity contribution in [1.29, 1.82) is 0 Å². The fourth-order valence-electron chi connectivity index (χ4n) is 4.30. The monoisotopic (exact) mass is 412 g/mol. The molecule has 6 nitrogen and oxygen atoms in total. The summed E-state index contributed by atoms with van der Waals surface area (Å²) in [5.74, 6) is 0.409. The van der Waals surface area contributed by atoms with Gasteiger partial charge in [0.15, 0.2) is 5.78 Å². The second-order valence-electron chi connectivity index (χ2n) is 8.36. The Bertz CT molecular complexity index is 1260. The summed E-state index contributed by atoms with van der Waals surface area (Å²) in [6, 6.07) is 19.4. The molecule has 1 spiro atoms. The van der Waals surface area contributed by atoms with Crippen molar-refractivity contribution >= 4 is 23.2 Å². The summed E-state index contributed by atoms with van der Waals surface area (Å²) < 4.78 is 6.37. The van der Waals surface area contributed by atoms with Crippen LogP contribution in [0.4, 0.5) is 11.4 Å². The number of nitro groups is 1. The van der Waals surface area contributed by atoms with E-state index in [4.69, 9.17) is 4.74 Å². The Hall–Kier alpha value is -3.93. The molecule has 0 saturated carbocycles. The summed E-state index contributed by atoms with van der Waals surface area (Å²) in [7, 11) is 0. The van der Waals surface area contributed by atoms with Crippen LogP contribution in [0.1, 0.15) is 40.9 Å². The first kappa shape index (κ1) is 19.1. The van der Waals surface area contributed by atoms with Crippen LogP contribution in [0.25, 0.3) is 6.08 Å². The molecule has 1 atom stereocenters. The smallest absolute Gasteiger partial charge is 0.273 e. The van der Waals surface area contributed by atoms with Crippen LogP contribution in [0.5, 0.6) is 5.75 Å². The Morgan fingerprint density at radius 1 is 1.00 bits per heavy atom. The van der Waals surface area contributed by atoms with Gasteiger partial charge in [-0.2, -0.15) is 0 Å². The minimum absolute atomic E-state index is 0.0201. The SMILES string of the molecule is CC1(C)c2cc(C(=O)c3ccccc3)ccc2NC12C=Cc1ccc([N+](=O)[O-])cc1O2. The van der Waals surface area contributed by atoms with E-state index in [1.165, 1.54) is 12.1 Å². The molecule has 0 fully saturated rings. The second kappa shape index (κ2) is 6.54. The molecule has 2 aliphatic heterocycles. The number of ketones is 1. The fraction of sp³-hybridized carbons (Fsp3) is 0.160. The highest BCUT2D eigenvalue weighted by Crippen LogP contribution is 2.51. The molecule has 3 aromatic carbocycles. The molecule has 0 radical (unpaired) electrons. The van der Waals surface area contributed by atoms with E-state index in [2.05, 4.69) is 5.32 Å². The van der Waals surface area contributed by atoms with E-state index in [0.717, 1.165) is 16.8 Å². The summed E-state index contributed by atoms with van der Waals surface area (Å²) in [4.78, 5) is 23.7. The van der Waals surface area contributed by atoms with Gasteiger partial charge in [-0.15, -0.1) is 0 Å². The average Bonchev–Trinajstić information content (AvgIpc) is 2.99. The van der Waals surface area contributed by atoms with E-state index in [9.17, 15) is 14.9 Å². The summed E-state index contributed by atoms with van der Waals surface area (Å²) >= 11 is 0. The zero-order valence-electron chi connectivity index (χ0n) is 17.1. The number of non-ortho nitro benzene ring substituents is 1. The molecule has 5 rings (SSSR count). The standard InChI is InChI=1S/C25H20N2O4/c1-24(2)20-14-18(23(28)17-6-4-3-5-7-17)9-11-21(20)26-25(24)13-12-16-8-10-19(27(29)30)15-22(16)31-25/h3-15,26H,1-2H3. The topological polar surface area (TPSA) is 81.5 Å². The van der Waals surface area contributed by atoms with E-state index in [-0.39, 0.29) is 11.5 Å². The summed E-state index contributed by atoms with van der Waals surface area (Å²) in [5.41, 5.74) is 2.35. The van der Waals surface area contributed by atoms with Crippen LogP contribution in [0.2, 0.25) is 0 Å². The molecule has 1 unspecified atom stereocenters. The first-order chi connectivity index (χ1) is 14.8. The van der Waals surface area contributed by atoms with Crippen LogP contribution in [0.15, 0.2) is 72.8 Å². The molecular formula is C25H20N2O4. The highest BCUT2D eigenvalue weighted by molar-refractivity contribution is 6.09. The Balaban J connectivity index is 1.54. The minimum Gasteiger partial charge on any atom is -0.463 e. The first-order valence-electron chi connectivity index (χ1n) is 10.00. The number of carbonyl (C=O) groups excluding carboxylic acids is 1. The van der Waals surface area contributed by atoms with Gasteiger partial charge in [-0.1, -0.05) is 30.3 Å². The summed E-state index contributed by atoms with van der Waals surface area (Å²) in [6.07, 6.45) is 3.86. The minimum atomic E-state index is -0.925. The normalized spacial score (nSPS) is 19.8. The number of rotatable bonds is 3. The van der Waals surface area contributed by atoms with Crippen molar-refractivity contribution < 1.29 is 14.5 Å². The van der Waals surface area contributed by atoms with Gasteiger partial charge in [0, 0.05) is 28.4 Å². The molecule has 2 heterocycles. The van der Waals surface area contributed by atoms with Gasteiger partial charge in [-0.05, 0) is 55.8 Å². The summed E-state index contributed by atoms with van der Waals surface area (Å²) in [5, 5.41) is 14.7. The number of benzene rings is 3. The van der Waals surface area contributed by atoms with Crippen LogP contribution in [-0.4, -0.2) is 16.4 Å². The molecular weight excluding hydrogens is 392 g/mol. The number of hydrogen-bond acceptors (Lipinski definition) is 5. The number of hydrogen-bond donors (Lipinski definition) is 1. The van der Waals surface area contributed by atoms with Crippen LogP contribution < -0.4 is 10.1 Å². The second-order valence-corrected chi connectivity index (χ2v) is 8.36. The molecule has 0 saturated heterocycles. The van der Waals surface area contributed by atoms with Gasteiger partial charge >= 0.3 is 0 Å². The maximum atomic E-state index is 13.0. The third kappa shape index (κ3) is 2.83. The fourth-order valence-corrected chi connectivity index (χ4v) is 4.30. The summed E-state index contributed by atoms with van der Waals surface area (Å²) in [6.45, 7) is 4.07. The van der Waals surface area contributed by atoms with Crippen LogP contribution in [0, 0.1) is 10.1 Å². The molecule has 154 valence electrons. The number of ether oxygens (including phenoxy) is 1. The maximum absolute atomic E-state index is 13.0. The van der Waals surface area contributed by atoms with E-state index in [1.54, 1.807) is 18.2 Å². The van der Waals surface area contributed by atoms with Crippen molar-refractivity contribution in [3.8, 4) is 5.75 Å². The highest BCUT2D eigenvalue weighted by atomic mass is 16.6. The van der Waals surface area contributed by atoms with Gasteiger partial charge in [0.25, 0.3) is 5.69 Å². The van der Waals surface area contributed by atoms with Crippen molar-refractivity contribution in [3.05, 3.63) is 105 Å². The quantitative estimate of drug-likeness (QED) is 0.357. The van der Waals surface area contributed by atoms with Gasteiger partial charge < -0.3 is 10.1 Å². The molecule has 0 amide bonds. The van der Waals surface area contributed by atoms with Gasteiger partial charge in [0.1, 0.15) is 5.75 Å². The van der Waals surface area contributed by atoms with Crippen LogP contribution in [0.3, 0.4) is 0 Å². The predicted molar refractivity (Wildman–Crippen MR) is 118 cm³/mol. The van der Waals surface area contributed by atoms with Gasteiger partial charge in [0.05, 0.1) is 16.4 Å². The lowest BCUT2D eigenvalue weighted by Gasteiger charge is -2.41. The van der Waals surface area contributed by atoms with Gasteiger partial charge in [-0.3, -0.25) is 14.9 Å². The lowest BCUT2D eigenvalue weighted by molar-refractivity contribution is -0.385. The molecule has 1 N–H and O–H groups in total. The van der Waals surface area contributed by atoms with Crippen LogP contribution in [-0.2, 0) is 5.41 Å². The number of fused-ring (bicyclic) bond motifs is 2. The average molecular weight is 412 g/mol. The maximum Gasteiger partial charge on any atom is 0.273 e. The molecule has 2 aliphatic rings. The zero-order chi connectivity index (χ0) is 21.8. The number of nitrogens with one attached hydrogen (secondary N) is 1. The predicted octanol–water partition coefficient (Wildman–Crippen LogP) is 5.33. The molecule has 0 aliphatic carbocycles. The number of nitro benzene ring substituents is 1. The van der Waals surface area contributed by atoms with Crippen molar-refractivity contribution in [2.45, 2.75) is 25.0 Å². The van der Waals surface area contributed by atoms with Crippen molar-refractivity contribution in [2.75, 3.05) is 5.32 Å². The number of anilines is 1. The van der Waals surface area contributed by atoms with E-state index in [0.29, 0.717) is 16.9 Å². The molecule has 3 aromatic rings. The van der Waals surface area contributed by atoms with Crippen molar-refractivity contribution in [2.24, 2.45) is 0 Å². The Morgan fingerprint density at radius 2 is 1.77 bits per heavy atom. The van der Waals surface area contributed by atoms with E-state index < -0.39 is 16.1 Å². The lowest BCUT2D eigenvalue weighted by Crippen LogP contribution is -2.53. The number of nitrogens with zero attached hydrogens (tertiary/aromatic N) is 1. The molecule has 0 bridgehead atoms. The Kier molecular flexibility index (Phi) is 4.02. The lowest BCUT2D eigenvalue weighted by atomic mass is 9.76. The van der Waals surface area contributed by atoms with E-state index >= 15 is 0 Å². The zero-order valence-corrected chi connectivity index (χ0v) is 17.1. The molecule has 31 heavy (non-hydrogen) atoms. The van der Waals surface area contributed by atoms with Crippen molar-refractivity contribution in [1.82, 2.24) is 0 Å². The number of carbonyl (C=O) groups is 1. The third-order valence-corrected chi connectivity index (χ3v) is 6.22. The third-order valence-electron chi connectivity index (χ3n) is 6.22. The van der Waals surface area contributed by atoms with E-state index in [1.807, 2.05) is 62.4 Å². The molecule has 6 heteroatoms. The Morgan fingerprint density at radius 3 is 2.52 bits per heavy atom. The van der Waals surface area contributed by atoms with Crippen LogP contribution >= 0.6 is 0 Å². The molecule has 0 aromatic heterocycles. The highest BCUT2D eigenvalue weighted by Gasteiger charge is 2.54. The largest absolute Gasteiger partial charge is 0.463 e. The van der Waals surface area contributed by atoms with Gasteiger partial charge in [0.2, 0.25) is 5.72 Å². The Labute approximate surface area is 179 Å².